The molecular formula is C4H8OS2. The van der Waals surface area contributed by atoms with E-state index in [-0.39, 0.29) is 0 Å². The Hall–Kier alpha value is 0.660. The molecular weight excluding hydrogens is 128 g/mol. The molecule has 1 nitrogen and oxygen atoms in total. The minimum atomic E-state index is 0.896. The maximum atomic E-state index is 5.12. The normalized spacial score (nSPS) is 24.0. The first-order valence-corrected chi connectivity index (χ1v) is 4.54. The van der Waals surface area contributed by atoms with E-state index < -0.39 is 0 Å². The molecule has 0 N–H and O–H groups in total. The zero-order valence-electron chi connectivity index (χ0n) is 4.05. The van der Waals surface area contributed by atoms with Crippen LogP contribution in [0.4, 0.5) is 0 Å². The van der Waals surface area contributed by atoms with Crippen molar-refractivity contribution in [2.45, 2.75) is 0 Å². The summed E-state index contributed by atoms with van der Waals surface area (Å²) in [6.45, 7) is 0. The van der Waals surface area contributed by atoms with Crippen LogP contribution < -0.4 is 0 Å². The average Bonchev–Trinajstić information content (AvgIpc) is 1.90. The van der Waals surface area contributed by atoms with Crippen LogP contribution in [0.1, 0.15) is 0 Å². The molecule has 0 amide bonds. The van der Waals surface area contributed by atoms with E-state index >= 15 is 0 Å². The summed E-state index contributed by atoms with van der Waals surface area (Å²) < 4.78 is 5.12. The molecule has 1 aliphatic heterocycles. The lowest BCUT2D eigenvalue weighted by Crippen LogP contribution is -1.82. The summed E-state index contributed by atoms with van der Waals surface area (Å²) >= 11 is 3.75. The maximum absolute atomic E-state index is 5.12. The molecule has 0 aromatic heterocycles. The van der Waals surface area contributed by atoms with Crippen molar-refractivity contribution < 1.29 is 4.74 Å². The van der Waals surface area contributed by atoms with Gasteiger partial charge in [0.25, 0.3) is 0 Å². The fraction of sp³-hybridized carbons (Fsp3) is 1.00. The van der Waals surface area contributed by atoms with E-state index in [9.17, 15) is 0 Å². The summed E-state index contributed by atoms with van der Waals surface area (Å²) in [5, 5.41) is 0. The van der Waals surface area contributed by atoms with Crippen LogP contribution in [-0.2, 0) is 4.74 Å². The Balaban J connectivity index is 2.04. The van der Waals surface area contributed by atoms with Crippen molar-refractivity contribution >= 4 is 23.5 Å². The topological polar surface area (TPSA) is 9.23 Å². The first-order chi connectivity index (χ1) is 3.50. The van der Waals surface area contributed by atoms with Crippen molar-refractivity contribution in [2.75, 3.05) is 23.4 Å². The highest BCUT2D eigenvalue weighted by atomic mass is 32.2. The summed E-state index contributed by atoms with van der Waals surface area (Å²) in [5.41, 5.74) is 0. The van der Waals surface area contributed by atoms with Crippen molar-refractivity contribution in [3.05, 3.63) is 0 Å². The van der Waals surface area contributed by atoms with Gasteiger partial charge in [0.2, 0.25) is 0 Å². The largest absolute Gasteiger partial charge is 0.360 e. The van der Waals surface area contributed by atoms with Gasteiger partial charge in [-0.25, -0.2) is 0 Å². The molecule has 42 valence electrons. The van der Waals surface area contributed by atoms with Crippen LogP contribution in [0.25, 0.3) is 0 Å². The Morgan fingerprint density at radius 2 is 1.57 bits per heavy atom. The van der Waals surface area contributed by atoms with Crippen molar-refractivity contribution in [3.8, 4) is 0 Å². The van der Waals surface area contributed by atoms with Gasteiger partial charge < -0.3 is 4.74 Å². The molecule has 0 aromatic rings. The molecule has 7 heavy (non-hydrogen) atoms. The third kappa shape index (κ3) is 2.46. The minimum Gasteiger partial charge on any atom is -0.360 e. The average molecular weight is 136 g/mol. The quantitative estimate of drug-likeness (QED) is 0.498. The van der Waals surface area contributed by atoms with Gasteiger partial charge >= 0.3 is 0 Å². The Morgan fingerprint density at radius 1 is 1.00 bits per heavy atom. The highest BCUT2D eigenvalue weighted by Gasteiger charge is 1.95. The molecule has 0 saturated carbocycles. The third-order valence-electron chi connectivity index (χ3n) is 0.705. The SMILES string of the molecule is C1CSCOCS1. The van der Waals surface area contributed by atoms with Gasteiger partial charge in [-0.15, -0.1) is 23.5 Å². The second-order valence-electron chi connectivity index (χ2n) is 1.26. The van der Waals surface area contributed by atoms with Crippen LogP contribution in [0.3, 0.4) is 0 Å². The third-order valence-corrected chi connectivity index (χ3v) is 2.62. The second kappa shape index (κ2) is 3.64. The molecule has 0 radical (unpaired) electrons. The predicted octanol–water partition coefficient (Wildman–Crippen LogP) is 1.40. The van der Waals surface area contributed by atoms with Crippen LogP contribution in [0.5, 0.6) is 0 Å². The first kappa shape index (κ1) is 5.79. The van der Waals surface area contributed by atoms with Gasteiger partial charge in [0.05, 0.1) is 11.9 Å². The van der Waals surface area contributed by atoms with Gasteiger partial charge in [0.1, 0.15) is 0 Å². The number of hydrogen-bond acceptors (Lipinski definition) is 3. The lowest BCUT2D eigenvalue weighted by Gasteiger charge is -1.90. The summed E-state index contributed by atoms with van der Waals surface area (Å²) in [6.07, 6.45) is 0. The molecule has 0 unspecified atom stereocenters. The fourth-order valence-corrected chi connectivity index (χ4v) is 2.07. The summed E-state index contributed by atoms with van der Waals surface area (Å²) in [7, 11) is 0. The molecule has 1 heterocycles. The summed E-state index contributed by atoms with van der Waals surface area (Å²) in [4.78, 5) is 0. The number of thioether (sulfide) groups is 2. The van der Waals surface area contributed by atoms with Gasteiger partial charge in [0, 0.05) is 11.5 Å². The zero-order valence-corrected chi connectivity index (χ0v) is 5.69. The van der Waals surface area contributed by atoms with E-state index in [1.54, 1.807) is 0 Å². The lowest BCUT2D eigenvalue weighted by molar-refractivity contribution is 0.242. The van der Waals surface area contributed by atoms with Crippen LogP contribution in [0.2, 0.25) is 0 Å². The molecule has 1 saturated heterocycles. The molecule has 1 fully saturated rings. The van der Waals surface area contributed by atoms with Gasteiger partial charge in [0.15, 0.2) is 0 Å². The summed E-state index contributed by atoms with van der Waals surface area (Å²) in [6, 6.07) is 0. The molecule has 0 aliphatic carbocycles. The van der Waals surface area contributed by atoms with Crippen LogP contribution in [-0.4, -0.2) is 23.4 Å². The Bertz CT molecular complexity index is 29.3. The Morgan fingerprint density at radius 3 is 2.14 bits per heavy atom. The number of hydrogen-bond donors (Lipinski definition) is 0. The zero-order chi connectivity index (χ0) is 4.95. The van der Waals surface area contributed by atoms with Gasteiger partial charge in [-0.1, -0.05) is 0 Å². The fourth-order valence-electron chi connectivity index (χ4n) is 0.388. The van der Waals surface area contributed by atoms with Crippen molar-refractivity contribution in [3.63, 3.8) is 0 Å². The van der Waals surface area contributed by atoms with E-state index in [1.807, 2.05) is 23.5 Å². The molecule has 0 atom stereocenters. The molecule has 0 aromatic carbocycles. The van der Waals surface area contributed by atoms with Crippen LogP contribution in [0, 0.1) is 0 Å². The van der Waals surface area contributed by atoms with Gasteiger partial charge in [-0.05, 0) is 0 Å². The number of rotatable bonds is 0. The van der Waals surface area contributed by atoms with Crippen molar-refractivity contribution in [1.82, 2.24) is 0 Å². The highest BCUT2D eigenvalue weighted by Crippen LogP contribution is 2.12. The predicted molar refractivity (Wildman–Crippen MR) is 35.7 cm³/mol. The molecule has 1 aliphatic rings. The second-order valence-corrected chi connectivity index (χ2v) is 3.36. The van der Waals surface area contributed by atoms with Crippen molar-refractivity contribution in [1.29, 1.82) is 0 Å². The molecule has 0 spiro atoms. The van der Waals surface area contributed by atoms with Gasteiger partial charge in [-0.2, -0.15) is 0 Å². The van der Waals surface area contributed by atoms with E-state index in [1.165, 1.54) is 11.5 Å². The lowest BCUT2D eigenvalue weighted by atomic mass is 11.0. The smallest absolute Gasteiger partial charge is 0.0932 e. The van der Waals surface area contributed by atoms with E-state index in [2.05, 4.69) is 0 Å². The highest BCUT2D eigenvalue weighted by molar-refractivity contribution is 8.03. The van der Waals surface area contributed by atoms with Crippen molar-refractivity contribution in [2.24, 2.45) is 0 Å². The maximum Gasteiger partial charge on any atom is 0.0932 e. The van der Waals surface area contributed by atoms with E-state index in [4.69, 9.17) is 4.74 Å². The molecule has 0 bridgehead atoms. The number of ether oxygens (including phenoxy) is 1. The minimum absolute atomic E-state index is 0.896. The van der Waals surface area contributed by atoms with Crippen LogP contribution >= 0.6 is 23.5 Å². The molecule has 3 heteroatoms. The van der Waals surface area contributed by atoms with Crippen LogP contribution in [0.15, 0.2) is 0 Å². The Labute approximate surface area is 52.2 Å². The Kier molecular flexibility index (Phi) is 3.01. The first-order valence-electron chi connectivity index (χ1n) is 2.23. The van der Waals surface area contributed by atoms with E-state index in [0.717, 1.165) is 11.9 Å². The van der Waals surface area contributed by atoms with Gasteiger partial charge in [-0.3, -0.25) is 0 Å². The van der Waals surface area contributed by atoms with E-state index in [0.29, 0.717) is 0 Å². The summed E-state index contributed by atoms with van der Waals surface area (Å²) in [5.74, 6) is 4.30. The molecule has 1 rings (SSSR count). The standard InChI is InChI=1S/C4H8OS2/c1-2-7-4-5-3-6-1/h1-4H2. The monoisotopic (exact) mass is 136 g/mol.